The van der Waals surface area contributed by atoms with E-state index in [0.29, 0.717) is 5.92 Å². The molecule has 0 amide bonds. The van der Waals surface area contributed by atoms with Crippen LogP contribution in [-0.4, -0.2) is 9.78 Å². The molecule has 0 spiro atoms. The van der Waals surface area contributed by atoms with E-state index in [1.165, 1.54) is 18.5 Å². The zero-order valence-electron chi connectivity index (χ0n) is 10.9. The van der Waals surface area contributed by atoms with Crippen LogP contribution in [-0.2, 0) is 5.54 Å². The molecule has 1 heterocycles. The molecule has 3 nitrogen and oxygen atoms in total. The summed E-state index contributed by atoms with van der Waals surface area (Å²) < 4.78 is 2.05. The first-order valence-electron chi connectivity index (χ1n) is 6.49. The summed E-state index contributed by atoms with van der Waals surface area (Å²) in [4.78, 5) is 0. The molecule has 2 N–H and O–H groups in total. The van der Waals surface area contributed by atoms with Crippen LogP contribution in [0.4, 0.5) is 0 Å². The molecule has 1 saturated carbocycles. The van der Waals surface area contributed by atoms with E-state index in [-0.39, 0.29) is 5.54 Å². The molecule has 0 aliphatic heterocycles. The largest absolute Gasteiger partial charge is 0.322 e. The molecule has 0 atom stereocenters. The van der Waals surface area contributed by atoms with Gasteiger partial charge in [-0.05, 0) is 50.5 Å². The van der Waals surface area contributed by atoms with E-state index in [0.717, 1.165) is 11.3 Å². The Hall–Kier alpha value is -1.61. The van der Waals surface area contributed by atoms with Gasteiger partial charge in [0.2, 0.25) is 0 Å². The highest BCUT2D eigenvalue weighted by Gasteiger charge is 2.27. The molecule has 1 aliphatic carbocycles. The average molecular weight is 241 g/mol. The molecular weight excluding hydrogens is 222 g/mol. The van der Waals surface area contributed by atoms with Crippen LogP contribution in [0, 0.1) is 0 Å². The van der Waals surface area contributed by atoms with Crippen molar-refractivity contribution in [2.24, 2.45) is 5.73 Å². The third-order valence-corrected chi connectivity index (χ3v) is 3.52. The average Bonchev–Trinajstić information content (AvgIpc) is 3.06. The molecule has 0 bridgehead atoms. The fourth-order valence-corrected chi connectivity index (χ4v) is 2.25. The third kappa shape index (κ3) is 2.06. The number of hydrogen-bond donors (Lipinski definition) is 1. The highest BCUT2D eigenvalue weighted by Crippen LogP contribution is 2.40. The smallest absolute Gasteiger partial charge is 0.0649 e. The van der Waals surface area contributed by atoms with E-state index in [1.807, 2.05) is 24.7 Å². The Morgan fingerprint density at radius 1 is 1.17 bits per heavy atom. The zero-order chi connectivity index (χ0) is 12.8. The number of rotatable bonds is 3. The highest BCUT2D eigenvalue weighted by molar-refractivity contribution is 5.38. The molecule has 3 rings (SSSR count). The second-order valence-corrected chi connectivity index (χ2v) is 5.71. The van der Waals surface area contributed by atoms with Crippen molar-refractivity contribution in [3.8, 4) is 5.69 Å². The van der Waals surface area contributed by atoms with Crippen molar-refractivity contribution in [1.29, 1.82) is 0 Å². The van der Waals surface area contributed by atoms with Gasteiger partial charge in [0.1, 0.15) is 0 Å². The summed E-state index contributed by atoms with van der Waals surface area (Å²) in [6, 6.07) is 10.5. The van der Waals surface area contributed by atoms with Crippen LogP contribution in [0.15, 0.2) is 36.5 Å². The number of nitrogens with two attached hydrogens (primary N) is 1. The second-order valence-electron chi connectivity index (χ2n) is 5.71. The predicted molar refractivity (Wildman–Crippen MR) is 72.8 cm³/mol. The van der Waals surface area contributed by atoms with Gasteiger partial charge in [0, 0.05) is 23.3 Å². The standard InChI is InChI=1S/C15H19N3/c1-15(2,16)12-5-7-13(8-6-12)18-14(9-10-17-18)11-3-4-11/h5-11H,3-4,16H2,1-2H3. The summed E-state index contributed by atoms with van der Waals surface area (Å²) in [5.74, 6) is 0.707. The molecule has 1 aromatic carbocycles. The van der Waals surface area contributed by atoms with Crippen molar-refractivity contribution in [2.45, 2.75) is 38.1 Å². The summed E-state index contributed by atoms with van der Waals surface area (Å²) in [6.07, 6.45) is 4.47. The molecule has 1 aliphatic rings. The van der Waals surface area contributed by atoms with E-state index in [1.54, 1.807) is 0 Å². The fraction of sp³-hybridized carbons (Fsp3) is 0.400. The Bertz CT molecular complexity index is 542. The summed E-state index contributed by atoms with van der Waals surface area (Å²) in [7, 11) is 0. The number of hydrogen-bond acceptors (Lipinski definition) is 2. The Morgan fingerprint density at radius 2 is 1.83 bits per heavy atom. The first kappa shape index (κ1) is 11.5. The van der Waals surface area contributed by atoms with E-state index in [4.69, 9.17) is 5.73 Å². The van der Waals surface area contributed by atoms with Crippen LogP contribution in [0.5, 0.6) is 0 Å². The summed E-state index contributed by atoms with van der Waals surface area (Å²) in [6.45, 7) is 4.04. The van der Waals surface area contributed by atoms with Crippen molar-refractivity contribution >= 4 is 0 Å². The maximum Gasteiger partial charge on any atom is 0.0649 e. The number of aromatic nitrogens is 2. The van der Waals surface area contributed by atoms with Gasteiger partial charge >= 0.3 is 0 Å². The van der Waals surface area contributed by atoms with Crippen LogP contribution in [0.3, 0.4) is 0 Å². The number of nitrogens with zero attached hydrogens (tertiary/aromatic N) is 2. The molecule has 0 saturated heterocycles. The van der Waals surface area contributed by atoms with Crippen molar-refractivity contribution in [1.82, 2.24) is 9.78 Å². The Labute approximate surface area is 108 Å². The zero-order valence-corrected chi connectivity index (χ0v) is 10.9. The van der Waals surface area contributed by atoms with E-state index < -0.39 is 0 Å². The van der Waals surface area contributed by atoms with Gasteiger partial charge in [-0.1, -0.05) is 12.1 Å². The minimum absolute atomic E-state index is 0.290. The van der Waals surface area contributed by atoms with E-state index >= 15 is 0 Å². The minimum Gasteiger partial charge on any atom is -0.322 e. The fourth-order valence-electron chi connectivity index (χ4n) is 2.25. The van der Waals surface area contributed by atoms with Gasteiger partial charge in [0.05, 0.1) is 5.69 Å². The second kappa shape index (κ2) is 3.95. The molecule has 18 heavy (non-hydrogen) atoms. The van der Waals surface area contributed by atoms with Crippen LogP contribution in [0.2, 0.25) is 0 Å². The highest BCUT2D eigenvalue weighted by atomic mass is 15.3. The molecule has 94 valence electrons. The van der Waals surface area contributed by atoms with Crippen molar-refractivity contribution in [3.63, 3.8) is 0 Å². The van der Waals surface area contributed by atoms with E-state index in [2.05, 4.69) is 35.4 Å². The molecule has 2 aromatic rings. The molecular formula is C15H19N3. The lowest BCUT2D eigenvalue weighted by Crippen LogP contribution is -2.28. The lowest BCUT2D eigenvalue weighted by molar-refractivity contribution is 0.554. The SMILES string of the molecule is CC(C)(N)c1ccc(-n2nccc2C2CC2)cc1. The lowest BCUT2D eigenvalue weighted by Gasteiger charge is -2.19. The minimum atomic E-state index is -0.290. The first-order valence-corrected chi connectivity index (χ1v) is 6.49. The van der Waals surface area contributed by atoms with Gasteiger partial charge < -0.3 is 5.73 Å². The van der Waals surface area contributed by atoms with Gasteiger partial charge in [-0.3, -0.25) is 0 Å². The normalized spacial score (nSPS) is 15.9. The molecule has 3 heteroatoms. The van der Waals surface area contributed by atoms with Crippen molar-refractivity contribution < 1.29 is 0 Å². The Morgan fingerprint density at radius 3 is 2.39 bits per heavy atom. The Balaban J connectivity index is 1.95. The topological polar surface area (TPSA) is 43.8 Å². The molecule has 0 unspecified atom stereocenters. The van der Waals surface area contributed by atoms with Gasteiger partial charge in [0.15, 0.2) is 0 Å². The van der Waals surface area contributed by atoms with Crippen molar-refractivity contribution in [3.05, 3.63) is 47.8 Å². The maximum atomic E-state index is 6.09. The van der Waals surface area contributed by atoms with Crippen LogP contribution in [0.25, 0.3) is 5.69 Å². The summed E-state index contributed by atoms with van der Waals surface area (Å²) in [5.41, 5.74) is 9.40. The van der Waals surface area contributed by atoms with Crippen LogP contribution in [0.1, 0.15) is 43.9 Å². The number of benzene rings is 1. The van der Waals surface area contributed by atoms with Crippen LogP contribution < -0.4 is 5.73 Å². The van der Waals surface area contributed by atoms with Gasteiger partial charge in [0.25, 0.3) is 0 Å². The monoisotopic (exact) mass is 241 g/mol. The quantitative estimate of drug-likeness (QED) is 0.897. The first-order chi connectivity index (χ1) is 8.55. The third-order valence-electron chi connectivity index (χ3n) is 3.52. The summed E-state index contributed by atoms with van der Waals surface area (Å²) >= 11 is 0. The molecule has 1 fully saturated rings. The van der Waals surface area contributed by atoms with E-state index in [9.17, 15) is 0 Å². The molecule has 1 aromatic heterocycles. The maximum absolute atomic E-state index is 6.09. The predicted octanol–water partition coefficient (Wildman–Crippen LogP) is 2.94. The van der Waals surface area contributed by atoms with Gasteiger partial charge in [-0.15, -0.1) is 0 Å². The lowest BCUT2D eigenvalue weighted by atomic mass is 9.96. The van der Waals surface area contributed by atoms with Gasteiger partial charge in [-0.2, -0.15) is 5.10 Å². The van der Waals surface area contributed by atoms with Crippen LogP contribution >= 0.6 is 0 Å². The Kier molecular flexibility index (Phi) is 2.52. The molecule has 0 radical (unpaired) electrons. The van der Waals surface area contributed by atoms with Gasteiger partial charge in [-0.25, -0.2) is 4.68 Å². The van der Waals surface area contributed by atoms with Crippen molar-refractivity contribution in [2.75, 3.05) is 0 Å². The summed E-state index contributed by atoms with van der Waals surface area (Å²) in [5, 5.41) is 4.42.